The summed E-state index contributed by atoms with van der Waals surface area (Å²) in [5, 5.41) is 4.01. The second-order valence-electron chi connectivity index (χ2n) is 4.71. The van der Waals surface area contributed by atoms with Gasteiger partial charge in [-0.05, 0) is 24.9 Å². The molecule has 1 unspecified atom stereocenters. The smallest absolute Gasteiger partial charge is 0.142 e. The van der Waals surface area contributed by atoms with E-state index < -0.39 is 0 Å². The Kier molecular flexibility index (Phi) is 7.14. The molecule has 1 aromatic rings. The van der Waals surface area contributed by atoms with E-state index >= 15 is 0 Å². The molecule has 0 fully saturated rings. The van der Waals surface area contributed by atoms with Crippen LogP contribution in [0.1, 0.15) is 39.2 Å². The van der Waals surface area contributed by atoms with Crippen LogP contribution in [-0.4, -0.2) is 13.2 Å². The van der Waals surface area contributed by atoms with E-state index in [0.717, 1.165) is 31.0 Å². The third-order valence-corrected chi connectivity index (χ3v) is 3.21. The molecule has 1 aromatic carbocycles. The topological polar surface area (TPSA) is 21.3 Å². The lowest BCUT2D eigenvalue weighted by Crippen LogP contribution is -2.14. The van der Waals surface area contributed by atoms with Crippen LogP contribution in [0, 0.1) is 5.92 Å². The first-order valence-electron chi connectivity index (χ1n) is 6.79. The summed E-state index contributed by atoms with van der Waals surface area (Å²) in [5.41, 5.74) is 1.13. The first-order chi connectivity index (χ1) is 8.69. The lowest BCUT2D eigenvalue weighted by atomic mass is 10.1. The summed E-state index contributed by atoms with van der Waals surface area (Å²) in [6.45, 7) is 8.98. The van der Waals surface area contributed by atoms with Crippen molar-refractivity contribution in [1.29, 1.82) is 0 Å². The van der Waals surface area contributed by atoms with Crippen molar-refractivity contribution in [2.75, 3.05) is 13.2 Å². The fourth-order valence-corrected chi connectivity index (χ4v) is 2.16. The molecule has 0 aromatic heterocycles. The summed E-state index contributed by atoms with van der Waals surface area (Å²) in [5.74, 6) is 1.40. The fourth-order valence-electron chi connectivity index (χ4n) is 1.92. The van der Waals surface area contributed by atoms with Crippen molar-refractivity contribution in [2.45, 2.75) is 40.2 Å². The second kappa shape index (κ2) is 8.39. The molecule has 0 spiro atoms. The number of hydrogen-bond donors (Lipinski definition) is 1. The Hall–Kier alpha value is -0.730. The van der Waals surface area contributed by atoms with Crippen LogP contribution in [0.15, 0.2) is 18.2 Å². The molecule has 0 amide bonds. The molecule has 2 nitrogen and oxygen atoms in total. The Morgan fingerprint density at radius 1 is 1.33 bits per heavy atom. The second-order valence-corrected chi connectivity index (χ2v) is 5.12. The van der Waals surface area contributed by atoms with Crippen molar-refractivity contribution in [3.8, 4) is 5.75 Å². The van der Waals surface area contributed by atoms with Crippen molar-refractivity contribution < 1.29 is 4.74 Å². The molecule has 0 saturated carbocycles. The molecule has 1 atom stereocenters. The molecule has 0 heterocycles. The van der Waals surface area contributed by atoms with Crippen molar-refractivity contribution in [3.63, 3.8) is 0 Å². The van der Waals surface area contributed by atoms with E-state index in [2.05, 4.69) is 32.2 Å². The van der Waals surface area contributed by atoms with Crippen LogP contribution >= 0.6 is 11.6 Å². The maximum absolute atomic E-state index is 6.22. The monoisotopic (exact) mass is 269 g/mol. The molecule has 0 bridgehead atoms. The zero-order chi connectivity index (χ0) is 13.4. The van der Waals surface area contributed by atoms with Gasteiger partial charge in [-0.2, -0.15) is 0 Å². The molecule has 0 aliphatic heterocycles. The third kappa shape index (κ3) is 4.87. The highest BCUT2D eigenvalue weighted by Crippen LogP contribution is 2.29. The van der Waals surface area contributed by atoms with Gasteiger partial charge in [-0.25, -0.2) is 0 Å². The van der Waals surface area contributed by atoms with Crippen molar-refractivity contribution >= 4 is 11.6 Å². The van der Waals surface area contributed by atoms with Gasteiger partial charge in [0.05, 0.1) is 11.6 Å². The Bertz CT molecular complexity index is 354. The van der Waals surface area contributed by atoms with Gasteiger partial charge in [-0.3, -0.25) is 0 Å². The predicted octanol–water partition coefficient (Wildman–Crippen LogP) is 4.26. The van der Waals surface area contributed by atoms with E-state index in [0.29, 0.717) is 10.9 Å². The molecule has 18 heavy (non-hydrogen) atoms. The Balaban J connectivity index is 2.66. The van der Waals surface area contributed by atoms with E-state index in [1.165, 1.54) is 12.8 Å². The molecule has 0 radical (unpaired) electrons. The highest BCUT2D eigenvalue weighted by Gasteiger charge is 2.10. The van der Waals surface area contributed by atoms with Crippen LogP contribution < -0.4 is 10.1 Å². The lowest BCUT2D eigenvalue weighted by Gasteiger charge is -2.16. The third-order valence-electron chi connectivity index (χ3n) is 2.91. The SMILES string of the molecule is CCCC(C)COc1c(Cl)cccc1CNCC. The summed E-state index contributed by atoms with van der Waals surface area (Å²) < 4.78 is 5.91. The summed E-state index contributed by atoms with van der Waals surface area (Å²) >= 11 is 6.22. The molecule has 0 saturated heterocycles. The number of ether oxygens (including phenoxy) is 1. The molecular weight excluding hydrogens is 246 g/mol. The summed E-state index contributed by atoms with van der Waals surface area (Å²) in [7, 11) is 0. The predicted molar refractivity (Wildman–Crippen MR) is 78.4 cm³/mol. The van der Waals surface area contributed by atoms with E-state index in [1.807, 2.05) is 12.1 Å². The van der Waals surface area contributed by atoms with Crippen LogP contribution in [0.4, 0.5) is 0 Å². The quantitative estimate of drug-likeness (QED) is 0.761. The molecule has 102 valence electrons. The van der Waals surface area contributed by atoms with Gasteiger partial charge in [-0.1, -0.05) is 50.9 Å². The van der Waals surface area contributed by atoms with Gasteiger partial charge >= 0.3 is 0 Å². The van der Waals surface area contributed by atoms with Crippen molar-refractivity contribution in [1.82, 2.24) is 5.32 Å². The van der Waals surface area contributed by atoms with Crippen molar-refractivity contribution in [3.05, 3.63) is 28.8 Å². The normalized spacial score (nSPS) is 12.4. The molecule has 0 aliphatic rings. The number of halogens is 1. The zero-order valence-electron chi connectivity index (χ0n) is 11.6. The first-order valence-corrected chi connectivity index (χ1v) is 7.17. The fraction of sp³-hybridized carbons (Fsp3) is 0.600. The largest absolute Gasteiger partial charge is 0.491 e. The summed E-state index contributed by atoms with van der Waals surface area (Å²) in [6.07, 6.45) is 2.38. The van der Waals surface area contributed by atoms with Gasteiger partial charge < -0.3 is 10.1 Å². The molecule has 0 aliphatic carbocycles. The minimum Gasteiger partial charge on any atom is -0.491 e. The maximum Gasteiger partial charge on any atom is 0.142 e. The van der Waals surface area contributed by atoms with E-state index in [4.69, 9.17) is 16.3 Å². The molecule has 1 rings (SSSR count). The average Bonchev–Trinajstić information content (AvgIpc) is 2.35. The van der Waals surface area contributed by atoms with Gasteiger partial charge in [0.2, 0.25) is 0 Å². The van der Waals surface area contributed by atoms with Gasteiger partial charge in [0, 0.05) is 12.1 Å². The van der Waals surface area contributed by atoms with Crippen molar-refractivity contribution in [2.24, 2.45) is 5.92 Å². The minimum atomic E-state index is 0.568. The van der Waals surface area contributed by atoms with Crippen LogP contribution in [-0.2, 0) is 6.54 Å². The zero-order valence-corrected chi connectivity index (χ0v) is 12.4. The summed E-state index contributed by atoms with van der Waals surface area (Å²) in [6, 6.07) is 5.92. The van der Waals surface area contributed by atoms with E-state index in [1.54, 1.807) is 0 Å². The van der Waals surface area contributed by atoms with E-state index in [-0.39, 0.29) is 0 Å². The highest BCUT2D eigenvalue weighted by molar-refractivity contribution is 6.32. The number of hydrogen-bond acceptors (Lipinski definition) is 2. The molecule has 1 N–H and O–H groups in total. The average molecular weight is 270 g/mol. The van der Waals surface area contributed by atoms with Gasteiger partial charge in [-0.15, -0.1) is 0 Å². The Morgan fingerprint density at radius 2 is 2.11 bits per heavy atom. The van der Waals surface area contributed by atoms with Crippen LogP contribution in [0.3, 0.4) is 0 Å². The van der Waals surface area contributed by atoms with Crippen LogP contribution in [0.25, 0.3) is 0 Å². The number of nitrogens with one attached hydrogen (secondary N) is 1. The Labute approximate surface area is 116 Å². The number of benzene rings is 1. The first kappa shape index (κ1) is 15.3. The van der Waals surface area contributed by atoms with Gasteiger partial charge in [0.25, 0.3) is 0 Å². The highest BCUT2D eigenvalue weighted by atomic mass is 35.5. The number of rotatable bonds is 8. The standard InChI is InChI=1S/C15H24ClNO/c1-4-7-12(3)11-18-15-13(10-17-5-2)8-6-9-14(15)16/h6,8-9,12,17H,4-5,7,10-11H2,1-3H3. The van der Waals surface area contributed by atoms with Crippen LogP contribution in [0.5, 0.6) is 5.75 Å². The van der Waals surface area contributed by atoms with Gasteiger partial charge in [0.15, 0.2) is 0 Å². The van der Waals surface area contributed by atoms with Crippen LogP contribution in [0.2, 0.25) is 5.02 Å². The maximum atomic E-state index is 6.22. The number of para-hydroxylation sites is 1. The van der Waals surface area contributed by atoms with Gasteiger partial charge in [0.1, 0.15) is 5.75 Å². The molecule has 3 heteroatoms. The molecular formula is C15H24ClNO. The lowest BCUT2D eigenvalue weighted by molar-refractivity contribution is 0.249. The van der Waals surface area contributed by atoms with E-state index in [9.17, 15) is 0 Å². The Morgan fingerprint density at radius 3 is 2.78 bits per heavy atom. The minimum absolute atomic E-state index is 0.568. The summed E-state index contributed by atoms with van der Waals surface area (Å²) in [4.78, 5) is 0.